The molecule has 0 spiro atoms. The van der Waals surface area contributed by atoms with Crippen LogP contribution < -0.4 is 0 Å². The Labute approximate surface area is 152 Å². The summed E-state index contributed by atoms with van der Waals surface area (Å²) in [4.78, 5) is 19.0. The van der Waals surface area contributed by atoms with Crippen molar-refractivity contribution in [2.75, 3.05) is 26.8 Å². The predicted molar refractivity (Wildman–Crippen MR) is 97.9 cm³/mol. The number of methoxy groups -OCH3 is 1. The van der Waals surface area contributed by atoms with Crippen LogP contribution >= 0.6 is 0 Å². The zero-order valence-electron chi connectivity index (χ0n) is 14.9. The summed E-state index contributed by atoms with van der Waals surface area (Å²) in [7, 11) is 1.73. The van der Waals surface area contributed by atoms with Gasteiger partial charge in [-0.15, -0.1) is 0 Å². The van der Waals surface area contributed by atoms with Crippen molar-refractivity contribution in [3.63, 3.8) is 0 Å². The van der Waals surface area contributed by atoms with E-state index in [-0.39, 0.29) is 5.91 Å². The molecule has 1 aromatic carbocycles. The number of carbonyl (C=O) groups is 1. The predicted octanol–water partition coefficient (Wildman–Crippen LogP) is 2.31. The summed E-state index contributed by atoms with van der Waals surface area (Å²) in [5, 5.41) is 7.22. The summed E-state index contributed by atoms with van der Waals surface area (Å²) in [5.74, 6) is 0.548. The summed E-state index contributed by atoms with van der Waals surface area (Å²) in [6, 6.07) is 9.84. The van der Waals surface area contributed by atoms with E-state index in [0.29, 0.717) is 18.2 Å². The second-order valence-corrected chi connectivity index (χ2v) is 6.83. The van der Waals surface area contributed by atoms with E-state index in [1.54, 1.807) is 7.11 Å². The molecule has 3 heterocycles. The lowest BCUT2D eigenvalue weighted by molar-refractivity contribution is 0.0608. The van der Waals surface area contributed by atoms with Crippen LogP contribution in [-0.2, 0) is 11.3 Å². The van der Waals surface area contributed by atoms with Gasteiger partial charge < -0.3 is 14.2 Å². The smallest absolute Gasteiger partial charge is 0.274 e. The zero-order valence-corrected chi connectivity index (χ0v) is 14.9. The van der Waals surface area contributed by atoms with Gasteiger partial charge >= 0.3 is 0 Å². The SMILES string of the molecule is COCC1CCN(C(=O)c2cc(Cn3cnc4ccccc43)[nH]n2)CC1. The second kappa shape index (κ2) is 7.29. The number of hydrogen-bond donors (Lipinski definition) is 1. The number of aromatic amines is 1. The van der Waals surface area contributed by atoms with Crippen LogP contribution in [0.15, 0.2) is 36.7 Å². The number of fused-ring (bicyclic) bond motifs is 1. The highest BCUT2D eigenvalue weighted by Crippen LogP contribution is 2.19. The van der Waals surface area contributed by atoms with Gasteiger partial charge in [-0.1, -0.05) is 12.1 Å². The fraction of sp³-hybridized carbons (Fsp3) is 0.421. The maximum Gasteiger partial charge on any atom is 0.274 e. The van der Waals surface area contributed by atoms with Crippen molar-refractivity contribution in [3.8, 4) is 0 Å². The number of H-pyrrole nitrogens is 1. The van der Waals surface area contributed by atoms with E-state index in [1.807, 2.05) is 46.1 Å². The Bertz CT molecular complexity index is 892. The zero-order chi connectivity index (χ0) is 17.9. The summed E-state index contributed by atoms with van der Waals surface area (Å²) in [5.41, 5.74) is 3.40. The number of nitrogens with one attached hydrogen (secondary N) is 1. The number of likely N-dealkylation sites (tertiary alicyclic amines) is 1. The lowest BCUT2D eigenvalue weighted by Gasteiger charge is -2.31. The van der Waals surface area contributed by atoms with Crippen LogP contribution in [0.25, 0.3) is 11.0 Å². The number of para-hydroxylation sites is 2. The molecule has 0 radical (unpaired) electrons. The average molecular weight is 353 g/mol. The second-order valence-electron chi connectivity index (χ2n) is 6.83. The van der Waals surface area contributed by atoms with Crippen LogP contribution in [0, 0.1) is 5.92 Å². The van der Waals surface area contributed by atoms with E-state index in [0.717, 1.165) is 49.3 Å². The standard InChI is InChI=1S/C19H23N5O2/c1-26-12-14-6-8-23(9-7-14)19(25)17-10-15(21-22-17)11-24-13-20-16-4-2-3-5-18(16)24/h2-5,10,13-14H,6-9,11-12H2,1H3,(H,21,22). The van der Waals surface area contributed by atoms with E-state index >= 15 is 0 Å². The highest BCUT2D eigenvalue weighted by Gasteiger charge is 2.25. The normalized spacial score (nSPS) is 15.7. The van der Waals surface area contributed by atoms with Gasteiger partial charge in [0.2, 0.25) is 0 Å². The number of imidazole rings is 1. The highest BCUT2D eigenvalue weighted by atomic mass is 16.5. The Morgan fingerprint density at radius 2 is 2.12 bits per heavy atom. The molecule has 136 valence electrons. The van der Waals surface area contributed by atoms with Crippen molar-refractivity contribution in [3.05, 3.63) is 48.0 Å². The molecule has 0 aliphatic carbocycles. The first kappa shape index (κ1) is 16.8. The molecule has 7 heteroatoms. The summed E-state index contributed by atoms with van der Waals surface area (Å²) >= 11 is 0. The Morgan fingerprint density at radius 1 is 1.31 bits per heavy atom. The third kappa shape index (κ3) is 3.35. The van der Waals surface area contributed by atoms with Crippen LogP contribution in [-0.4, -0.2) is 57.4 Å². The third-order valence-electron chi connectivity index (χ3n) is 5.02. The molecular weight excluding hydrogens is 330 g/mol. The van der Waals surface area contributed by atoms with E-state index < -0.39 is 0 Å². The summed E-state index contributed by atoms with van der Waals surface area (Å²) < 4.78 is 7.27. The molecule has 1 aliphatic rings. The Morgan fingerprint density at radius 3 is 2.92 bits per heavy atom. The molecule has 7 nitrogen and oxygen atoms in total. The molecule has 3 aromatic rings. The topological polar surface area (TPSA) is 76.0 Å². The van der Waals surface area contributed by atoms with Gasteiger partial charge in [-0.25, -0.2) is 4.98 Å². The molecule has 0 atom stereocenters. The van der Waals surface area contributed by atoms with Crippen LogP contribution in [0.4, 0.5) is 0 Å². The number of amides is 1. The first-order chi connectivity index (χ1) is 12.7. The van der Waals surface area contributed by atoms with Gasteiger partial charge in [0, 0.05) is 26.8 Å². The number of piperidine rings is 1. The minimum atomic E-state index is -0.00106. The van der Waals surface area contributed by atoms with E-state index in [1.165, 1.54) is 0 Å². The maximum atomic E-state index is 12.7. The lowest BCUT2D eigenvalue weighted by Crippen LogP contribution is -2.39. The molecule has 2 aromatic heterocycles. The molecule has 0 bridgehead atoms. The molecular formula is C19H23N5O2. The van der Waals surface area contributed by atoms with Crippen molar-refractivity contribution in [2.45, 2.75) is 19.4 Å². The monoisotopic (exact) mass is 353 g/mol. The number of benzene rings is 1. The largest absolute Gasteiger partial charge is 0.384 e. The minimum absolute atomic E-state index is 0.00106. The van der Waals surface area contributed by atoms with Crippen molar-refractivity contribution in [1.82, 2.24) is 24.6 Å². The number of ether oxygens (including phenoxy) is 1. The molecule has 1 amide bonds. The Hall–Kier alpha value is -2.67. The molecule has 26 heavy (non-hydrogen) atoms. The maximum absolute atomic E-state index is 12.7. The quantitative estimate of drug-likeness (QED) is 0.764. The summed E-state index contributed by atoms with van der Waals surface area (Å²) in [6.45, 7) is 2.91. The number of nitrogens with zero attached hydrogens (tertiary/aromatic N) is 4. The fourth-order valence-corrected chi connectivity index (χ4v) is 3.57. The van der Waals surface area contributed by atoms with Gasteiger partial charge in [0.1, 0.15) is 5.69 Å². The third-order valence-corrected chi connectivity index (χ3v) is 5.02. The van der Waals surface area contributed by atoms with Gasteiger partial charge in [-0.2, -0.15) is 5.10 Å². The van der Waals surface area contributed by atoms with Crippen molar-refractivity contribution >= 4 is 16.9 Å². The van der Waals surface area contributed by atoms with E-state index in [4.69, 9.17) is 4.74 Å². The lowest BCUT2D eigenvalue weighted by atomic mass is 9.97. The van der Waals surface area contributed by atoms with Gasteiger partial charge in [-0.3, -0.25) is 9.89 Å². The average Bonchev–Trinajstić information content (AvgIpc) is 3.30. The van der Waals surface area contributed by atoms with Crippen molar-refractivity contribution in [1.29, 1.82) is 0 Å². The Balaban J connectivity index is 1.42. The van der Waals surface area contributed by atoms with Crippen LogP contribution in [0.3, 0.4) is 0 Å². The minimum Gasteiger partial charge on any atom is -0.384 e. The number of aromatic nitrogens is 4. The number of carbonyl (C=O) groups excluding carboxylic acids is 1. The number of rotatable bonds is 5. The highest BCUT2D eigenvalue weighted by molar-refractivity contribution is 5.92. The van der Waals surface area contributed by atoms with E-state index in [2.05, 4.69) is 15.2 Å². The summed E-state index contributed by atoms with van der Waals surface area (Å²) in [6.07, 6.45) is 3.78. The fourth-order valence-electron chi connectivity index (χ4n) is 3.57. The molecule has 1 saturated heterocycles. The molecule has 4 rings (SSSR count). The molecule has 1 N–H and O–H groups in total. The first-order valence-electron chi connectivity index (χ1n) is 8.97. The van der Waals surface area contributed by atoms with Gasteiger partial charge in [0.05, 0.1) is 29.6 Å². The number of hydrogen-bond acceptors (Lipinski definition) is 4. The Kier molecular flexibility index (Phi) is 4.71. The molecule has 1 fully saturated rings. The van der Waals surface area contributed by atoms with Crippen LogP contribution in [0.5, 0.6) is 0 Å². The van der Waals surface area contributed by atoms with Crippen molar-refractivity contribution < 1.29 is 9.53 Å². The first-order valence-corrected chi connectivity index (χ1v) is 8.97. The molecule has 1 aliphatic heterocycles. The van der Waals surface area contributed by atoms with E-state index in [9.17, 15) is 4.79 Å². The van der Waals surface area contributed by atoms with Gasteiger partial charge in [0.15, 0.2) is 0 Å². The van der Waals surface area contributed by atoms with Crippen molar-refractivity contribution in [2.24, 2.45) is 5.92 Å². The molecule has 0 saturated carbocycles. The van der Waals surface area contributed by atoms with Gasteiger partial charge in [0.25, 0.3) is 5.91 Å². The van der Waals surface area contributed by atoms with Crippen LogP contribution in [0.2, 0.25) is 0 Å². The van der Waals surface area contributed by atoms with Crippen LogP contribution in [0.1, 0.15) is 29.0 Å². The van der Waals surface area contributed by atoms with Gasteiger partial charge in [-0.05, 0) is 37.0 Å². The molecule has 0 unspecified atom stereocenters.